The number of rotatable bonds is 8. The molecule has 3 rings (SSSR count). The summed E-state index contributed by atoms with van der Waals surface area (Å²) in [5, 5.41) is 0.338. The van der Waals surface area contributed by atoms with Crippen molar-refractivity contribution < 1.29 is 4.74 Å². The fraction of sp³-hybridized carbons (Fsp3) is 0.455. The van der Waals surface area contributed by atoms with Crippen molar-refractivity contribution >= 4 is 28.6 Å². The van der Waals surface area contributed by atoms with Crippen molar-refractivity contribution in [2.45, 2.75) is 47.2 Å². The molecule has 0 aliphatic rings. The monoisotopic (exact) mass is 444 g/mol. The molecule has 0 radical (unpaired) electrons. The minimum absolute atomic E-state index is 0.0192. The average Bonchev–Trinajstić information content (AvgIpc) is 2.72. The van der Waals surface area contributed by atoms with E-state index < -0.39 is 0 Å². The summed E-state index contributed by atoms with van der Waals surface area (Å²) >= 11 is 6.35. The van der Waals surface area contributed by atoms with E-state index in [0.717, 1.165) is 42.1 Å². The molecule has 0 fully saturated rings. The van der Waals surface area contributed by atoms with Crippen LogP contribution >= 0.6 is 11.6 Å². The summed E-state index contributed by atoms with van der Waals surface area (Å²) in [7, 11) is 1.65. The molecule has 0 bridgehead atoms. The van der Waals surface area contributed by atoms with Gasteiger partial charge in [-0.1, -0.05) is 25.4 Å². The van der Waals surface area contributed by atoms with E-state index >= 15 is 0 Å². The lowest BCUT2D eigenvalue weighted by Crippen LogP contribution is -2.28. The van der Waals surface area contributed by atoms with Crippen LogP contribution in [0.3, 0.4) is 0 Å². The lowest BCUT2D eigenvalue weighted by Gasteiger charge is -2.21. The molecular formula is C22H29ClN6O2. The molecule has 0 unspecified atom stereocenters. The van der Waals surface area contributed by atoms with Gasteiger partial charge in [-0.25, -0.2) is 4.98 Å². The molecule has 3 heterocycles. The zero-order chi connectivity index (χ0) is 22.7. The molecular weight excluding hydrogens is 416 g/mol. The number of nitrogens with two attached hydrogens (primary N) is 1. The van der Waals surface area contributed by atoms with Gasteiger partial charge in [0.15, 0.2) is 11.1 Å². The van der Waals surface area contributed by atoms with Gasteiger partial charge in [0, 0.05) is 35.6 Å². The lowest BCUT2D eigenvalue weighted by molar-refractivity contribution is 0.279. The van der Waals surface area contributed by atoms with Gasteiger partial charge in [-0.05, 0) is 33.4 Å². The highest BCUT2D eigenvalue weighted by molar-refractivity contribution is 6.34. The summed E-state index contributed by atoms with van der Waals surface area (Å²) in [6.07, 6.45) is 4.62. The number of ether oxygens (including phenoxy) is 1. The number of hydrogen-bond acceptors (Lipinski definition) is 7. The number of hydrogen-bond donors (Lipinski definition) is 1. The zero-order valence-corrected chi connectivity index (χ0v) is 19.5. The molecule has 0 aromatic carbocycles. The first kappa shape index (κ1) is 23.0. The van der Waals surface area contributed by atoms with Crippen LogP contribution in [-0.2, 0) is 13.1 Å². The van der Waals surface area contributed by atoms with Crippen LogP contribution < -0.4 is 15.9 Å². The summed E-state index contributed by atoms with van der Waals surface area (Å²) < 4.78 is 7.42. The Balaban J connectivity index is 2.20. The van der Waals surface area contributed by atoms with Crippen LogP contribution in [0.5, 0.6) is 5.75 Å². The molecule has 0 aliphatic carbocycles. The van der Waals surface area contributed by atoms with E-state index in [-0.39, 0.29) is 21.9 Å². The molecule has 166 valence electrons. The number of halogens is 1. The highest BCUT2D eigenvalue weighted by Gasteiger charge is 2.19. The van der Waals surface area contributed by atoms with Crippen molar-refractivity contribution in [3.05, 3.63) is 50.2 Å². The predicted molar refractivity (Wildman–Crippen MR) is 124 cm³/mol. The molecule has 3 aromatic heterocycles. The van der Waals surface area contributed by atoms with Gasteiger partial charge in [0.1, 0.15) is 16.3 Å². The third-order valence-corrected chi connectivity index (χ3v) is 5.69. The van der Waals surface area contributed by atoms with E-state index in [1.54, 1.807) is 13.3 Å². The third kappa shape index (κ3) is 4.65. The Morgan fingerprint density at radius 1 is 1.26 bits per heavy atom. The van der Waals surface area contributed by atoms with Crippen molar-refractivity contribution in [3.8, 4) is 5.75 Å². The van der Waals surface area contributed by atoms with Crippen LogP contribution in [0.15, 0.2) is 17.2 Å². The maximum atomic E-state index is 13.3. The van der Waals surface area contributed by atoms with Gasteiger partial charge in [-0.15, -0.1) is 0 Å². The van der Waals surface area contributed by atoms with Gasteiger partial charge < -0.3 is 15.0 Å². The van der Waals surface area contributed by atoms with Crippen molar-refractivity contribution in [2.24, 2.45) is 0 Å². The molecule has 0 saturated heterocycles. The van der Waals surface area contributed by atoms with Crippen molar-refractivity contribution in [1.29, 1.82) is 0 Å². The highest BCUT2D eigenvalue weighted by Crippen LogP contribution is 2.26. The summed E-state index contributed by atoms with van der Waals surface area (Å²) in [5.41, 5.74) is 9.41. The van der Waals surface area contributed by atoms with Gasteiger partial charge in [-0.3, -0.25) is 14.7 Å². The molecule has 0 saturated carbocycles. The Kier molecular flexibility index (Phi) is 7.12. The number of aromatic nitrogens is 4. The average molecular weight is 445 g/mol. The molecule has 31 heavy (non-hydrogen) atoms. The van der Waals surface area contributed by atoms with Crippen molar-refractivity contribution in [2.75, 3.05) is 25.9 Å². The molecule has 2 N–H and O–H groups in total. The maximum Gasteiger partial charge on any atom is 0.223 e. The van der Waals surface area contributed by atoms with Crippen LogP contribution in [0.2, 0.25) is 5.15 Å². The Labute approximate surface area is 187 Å². The molecule has 0 atom stereocenters. The topological polar surface area (TPSA) is 99.2 Å². The normalized spacial score (nSPS) is 11.5. The summed E-state index contributed by atoms with van der Waals surface area (Å²) in [6, 6.07) is 0. The lowest BCUT2D eigenvalue weighted by atomic mass is 10.1. The van der Waals surface area contributed by atoms with Gasteiger partial charge in [0.25, 0.3) is 0 Å². The quantitative estimate of drug-likeness (QED) is 0.532. The SMILES string of the molecule is CCCN(CC)Cc1cn(Cc2ncc(C)c(OC)c2C)c2nc(N)nc(Cl)c2c1=O. The number of fused-ring (bicyclic) bond motifs is 1. The highest BCUT2D eigenvalue weighted by atomic mass is 35.5. The number of methoxy groups -OCH3 is 1. The first-order valence-corrected chi connectivity index (χ1v) is 10.7. The second-order valence-electron chi connectivity index (χ2n) is 7.60. The second-order valence-corrected chi connectivity index (χ2v) is 7.96. The first-order valence-electron chi connectivity index (χ1n) is 10.4. The third-order valence-electron chi connectivity index (χ3n) is 5.42. The Hall–Kier alpha value is -2.71. The minimum Gasteiger partial charge on any atom is -0.496 e. The van der Waals surface area contributed by atoms with Crippen LogP contribution in [0.1, 0.15) is 42.7 Å². The van der Waals surface area contributed by atoms with E-state index in [0.29, 0.717) is 24.3 Å². The second kappa shape index (κ2) is 9.62. The first-order chi connectivity index (χ1) is 14.8. The number of aryl methyl sites for hydroxylation is 1. The maximum absolute atomic E-state index is 13.3. The van der Waals surface area contributed by atoms with Crippen LogP contribution in [0.4, 0.5) is 5.95 Å². The van der Waals surface area contributed by atoms with E-state index in [2.05, 4.69) is 33.7 Å². The molecule has 0 spiro atoms. The van der Waals surface area contributed by atoms with Gasteiger partial charge in [0.2, 0.25) is 5.95 Å². The van der Waals surface area contributed by atoms with E-state index in [9.17, 15) is 4.79 Å². The Bertz CT molecular complexity index is 1160. The van der Waals surface area contributed by atoms with Crippen molar-refractivity contribution in [1.82, 2.24) is 24.4 Å². The smallest absolute Gasteiger partial charge is 0.223 e. The van der Waals surface area contributed by atoms with Gasteiger partial charge in [0.05, 0.1) is 19.3 Å². The molecule has 9 heteroatoms. The Morgan fingerprint density at radius 3 is 2.65 bits per heavy atom. The van der Waals surface area contributed by atoms with E-state index in [4.69, 9.17) is 22.1 Å². The molecule has 3 aromatic rings. The summed E-state index contributed by atoms with van der Waals surface area (Å²) in [6.45, 7) is 10.8. The van der Waals surface area contributed by atoms with Crippen LogP contribution in [-0.4, -0.2) is 44.6 Å². The fourth-order valence-corrected chi connectivity index (χ4v) is 4.10. The molecule has 8 nitrogen and oxygen atoms in total. The summed E-state index contributed by atoms with van der Waals surface area (Å²) in [5.74, 6) is 0.814. The zero-order valence-electron chi connectivity index (χ0n) is 18.7. The van der Waals surface area contributed by atoms with Crippen LogP contribution in [0.25, 0.3) is 11.0 Å². The summed E-state index contributed by atoms with van der Waals surface area (Å²) in [4.78, 5) is 28.4. The molecule has 0 amide bonds. The number of pyridine rings is 2. The van der Waals surface area contributed by atoms with Crippen molar-refractivity contribution in [3.63, 3.8) is 0 Å². The predicted octanol–water partition coefficient (Wildman–Crippen LogP) is 3.33. The number of nitrogens with zero attached hydrogens (tertiary/aromatic N) is 5. The van der Waals surface area contributed by atoms with E-state index in [1.807, 2.05) is 24.6 Å². The van der Waals surface area contributed by atoms with Gasteiger partial charge >= 0.3 is 0 Å². The number of anilines is 1. The Morgan fingerprint density at radius 2 is 2.00 bits per heavy atom. The molecule has 0 aliphatic heterocycles. The standard InChI is InChI=1S/C22H29ClN6O2/c1-6-8-28(7-2)10-15-11-29(12-16-14(4)19(31-5)13(3)9-25-16)21-17(18(15)30)20(23)26-22(24)27-21/h9,11H,6-8,10,12H2,1-5H3,(H2,24,26,27). The number of nitrogen functional groups attached to an aromatic ring is 1. The fourth-order valence-electron chi connectivity index (χ4n) is 3.84. The van der Waals surface area contributed by atoms with E-state index in [1.165, 1.54) is 0 Å². The minimum atomic E-state index is -0.169. The largest absolute Gasteiger partial charge is 0.496 e. The van der Waals surface area contributed by atoms with Crippen LogP contribution in [0, 0.1) is 13.8 Å². The van der Waals surface area contributed by atoms with Gasteiger partial charge in [-0.2, -0.15) is 4.98 Å².